The summed E-state index contributed by atoms with van der Waals surface area (Å²) < 4.78 is 0. The highest BCUT2D eigenvalue weighted by Gasteiger charge is 2.22. The van der Waals surface area contributed by atoms with Crippen molar-refractivity contribution in [2.45, 2.75) is 31.9 Å². The van der Waals surface area contributed by atoms with Crippen molar-refractivity contribution in [2.75, 3.05) is 25.4 Å². The molecule has 0 radical (unpaired) electrons. The molecule has 1 atom stereocenters. The second kappa shape index (κ2) is 8.44. The number of likely N-dealkylation sites (tertiary alicyclic amines) is 1. The van der Waals surface area contributed by atoms with Crippen LogP contribution in [0.4, 0.5) is 0 Å². The number of hydrogen-bond donors (Lipinski definition) is 1. The lowest BCUT2D eigenvalue weighted by Crippen LogP contribution is -2.41. The molecular weight excluding hydrogens is 282 g/mol. The Morgan fingerprint density at radius 3 is 2.86 bits per heavy atom. The summed E-state index contributed by atoms with van der Waals surface area (Å²) in [6.45, 7) is 4.02. The third-order valence-electron chi connectivity index (χ3n) is 4.02. The molecule has 0 aromatic heterocycles. The van der Waals surface area contributed by atoms with E-state index in [1.54, 1.807) is 11.8 Å². The van der Waals surface area contributed by atoms with Crippen LogP contribution < -0.4 is 0 Å². The van der Waals surface area contributed by atoms with E-state index in [2.05, 4.69) is 31.2 Å². The Bertz CT molecular complexity index is 445. The van der Waals surface area contributed by atoms with E-state index in [9.17, 15) is 4.79 Å². The lowest BCUT2D eigenvalue weighted by Gasteiger charge is -2.32. The van der Waals surface area contributed by atoms with Crippen LogP contribution in [0, 0.1) is 12.8 Å². The van der Waals surface area contributed by atoms with Gasteiger partial charge in [0.05, 0.1) is 5.75 Å². The molecule has 116 valence electrons. The summed E-state index contributed by atoms with van der Waals surface area (Å²) in [5, 5.41) is 9.02. The number of aliphatic hydroxyl groups is 1. The van der Waals surface area contributed by atoms with Crippen LogP contribution >= 0.6 is 11.8 Å². The molecule has 1 aliphatic rings. The van der Waals surface area contributed by atoms with Gasteiger partial charge in [-0.3, -0.25) is 4.79 Å². The first-order valence-corrected chi connectivity index (χ1v) is 8.86. The van der Waals surface area contributed by atoms with Crippen molar-refractivity contribution in [1.29, 1.82) is 0 Å². The van der Waals surface area contributed by atoms with Crippen LogP contribution in [0.3, 0.4) is 0 Å². The minimum Gasteiger partial charge on any atom is -0.396 e. The van der Waals surface area contributed by atoms with Crippen LogP contribution in [-0.2, 0) is 10.5 Å². The zero-order chi connectivity index (χ0) is 15.1. The number of piperidine rings is 1. The van der Waals surface area contributed by atoms with Gasteiger partial charge in [0.2, 0.25) is 5.91 Å². The Morgan fingerprint density at radius 2 is 2.14 bits per heavy atom. The Hall–Kier alpha value is -1.00. The number of carbonyl (C=O) groups is 1. The van der Waals surface area contributed by atoms with Crippen LogP contribution in [0.5, 0.6) is 0 Å². The van der Waals surface area contributed by atoms with E-state index in [0.717, 1.165) is 38.1 Å². The summed E-state index contributed by atoms with van der Waals surface area (Å²) in [6, 6.07) is 8.49. The van der Waals surface area contributed by atoms with Crippen molar-refractivity contribution in [3.63, 3.8) is 0 Å². The third kappa shape index (κ3) is 5.36. The van der Waals surface area contributed by atoms with Gasteiger partial charge in [-0.2, -0.15) is 0 Å². The second-order valence-corrected chi connectivity index (χ2v) is 6.82. The third-order valence-corrected chi connectivity index (χ3v) is 5.01. The van der Waals surface area contributed by atoms with Gasteiger partial charge in [0.1, 0.15) is 0 Å². The smallest absolute Gasteiger partial charge is 0.232 e. The van der Waals surface area contributed by atoms with Crippen LogP contribution in [0.15, 0.2) is 24.3 Å². The highest BCUT2D eigenvalue weighted by Crippen LogP contribution is 2.21. The summed E-state index contributed by atoms with van der Waals surface area (Å²) in [4.78, 5) is 14.2. The van der Waals surface area contributed by atoms with Crippen molar-refractivity contribution < 1.29 is 9.90 Å². The normalized spacial score (nSPS) is 18.8. The predicted octanol–water partition coefficient (Wildman–Crippen LogP) is 2.85. The van der Waals surface area contributed by atoms with Crippen molar-refractivity contribution >= 4 is 17.7 Å². The molecule has 2 rings (SSSR count). The molecular formula is C17H25NO2S. The van der Waals surface area contributed by atoms with Gasteiger partial charge < -0.3 is 10.0 Å². The standard InChI is InChI=1S/C17H25NO2S/c1-14-4-6-16(7-5-14)12-21-13-17(20)18-9-2-3-15(11-18)8-10-19/h4-7,15,19H,2-3,8-13H2,1H3. The van der Waals surface area contributed by atoms with Crippen molar-refractivity contribution in [1.82, 2.24) is 4.90 Å². The number of aliphatic hydroxyl groups excluding tert-OH is 1. The molecule has 0 aliphatic carbocycles. The molecule has 1 heterocycles. The maximum atomic E-state index is 12.2. The van der Waals surface area contributed by atoms with Crippen LogP contribution in [-0.4, -0.2) is 41.4 Å². The van der Waals surface area contributed by atoms with Gasteiger partial charge in [0.25, 0.3) is 0 Å². The van der Waals surface area contributed by atoms with Gasteiger partial charge in [0.15, 0.2) is 0 Å². The number of carbonyl (C=O) groups excluding carboxylic acids is 1. The average Bonchev–Trinajstić information content (AvgIpc) is 2.50. The Morgan fingerprint density at radius 1 is 1.38 bits per heavy atom. The summed E-state index contributed by atoms with van der Waals surface area (Å²) in [6.07, 6.45) is 3.03. The molecule has 1 N–H and O–H groups in total. The maximum absolute atomic E-state index is 12.2. The van der Waals surface area contributed by atoms with Crippen LogP contribution in [0.2, 0.25) is 0 Å². The van der Waals surface area contributed by atoms with E-state index in [0.29, 0.717) is 11.7 Å². The zero-order valence-electron chi connectivity index (χ0n) is 12.8. The fraction of sp³-hybridized carbons (Fsp3) is 0.588. The lowest BCUT2D eigenvalue weighted by molar-refractivity contribution is -0.130. The number of nitrogens with zero attached hydrogens (tertiary/aromatic N) is 1. The quantitative estimate of drug-likeness (QED) is 0.878. The van der Waals surface area contributed by atoms with Gasteiger partial charge in [0, 0.05) is 25.4 Å². The van der Waals surface area contributed by atoms with Gasteiger partial charge in [-0.05, 0) is 37.7 Å². The summed E-state index contributed by atoms with van der Waals surface area (Å²) in [7, 11) is 0. The predicted molar refractivity (Wildman–Crippen MR) is 88.3 cm³/mol. The molecule has 1 unspecified atom stereocenters. The van der Waals surface area contributed by atoms with Gasteiger partial charge >= 0.3 is 0 Å². The molecule has 1 aromatic carbocycles. The number of rotatable bonds is 6. The second-order valence-electron chi connectivity index (χ2n) is 5.84. The van der Waals surface area contributed by atoms with Gasteiger partial charge in [-0.15, -0.1) is 11.8 Å². The van der Waals surface area contributed by atoms with E-state index in [1.165, 1.54) is 11.1 Å². The van der Waals surface area contributed by atoms with Crippen LogP contribution in [0.1, 0.15) is 30.4 Å². The molecule has 0 spiro atoms. The molecule has 1 aromatic rings. The van der Waals surface area contributed by atoms with Gasteiger partial charge in [-0.25, -0.2) is 0 Å². The van der Waals surface area contributed by atoms with Crippen LogP contribution in [0.25, 0.3) is 0 Å². The van der Waals surface area contributed by atoms with Crippen molar-refractivity contribution in [2.24, 2.45) is 5.92 Å². The Kier molecular flexibility index (Phi) is 6.58. The Balaban J connectivity index is 1.72. The number of amides is 1. The zero-order valence-corrected chi connectivity index (χ0v) is 13.6. The fourth-order valence-corrected chi connectivity index (χ4v) is 3.63. The number of aryl methyl sites for hydroxylation is 1. The molecule has 1 saturated heterocycles. The van der Waals surface area contributed by atoms with E-state index in [1.807, 2.05) is 4.90 Å². The summed E-state index contributed by atoms with van der Waals surface area (Å²) in [5.74, 6) is 2.17. The SMILES string of the molecule is Cc1ccc(CSCC(=O)N2CCCC(CCO)C2)cc1. The molecule has 0 bridgehead atoms. The van der Waals surface area contributed by atoms with Crippen molar-refractivity contribution in [3.05, 3.63) is 35.4 Å². The first kappa shape index (κ1) is 16.4. The fourth-order valence-electron chi connectivity index (χ4n) is 2.74. The lowest BCUT2D eigenvalue weighted by atomic mass is 9.95. The van der Waals surface area contributed by atoms with E-state index in [-0.39, 0.29) is 12.5 Å². The average molecular weight is 307 g/mol. The van der Waals surface area contributed by atoms with Gasteiger partial charge in [-0.1, -0.05) is 29.8 Å². The number of benzene rings is 1. The Labute approximate surface area is 131 Å². The maximum Gasteiger partial charge on any atom is 0.232 e. The largest absolute Gasteiger partial charge is 0.396 e. The number of hydrogen-bond acceptors (Lipinski definition) is 3. The minimum absolute atomic E-state index is 0.231. The van der Waals surface area contributed by atoms with E-state index < -0.39 is 0 Å². The topological polar surface area (TPSA) is 40.5 Å². The molecule has 3 nitrogen and oxygen atoms in total. The number of thioether (sulfide) groups is 1. The molecule has 4 heteroatoms. The molecule has 21 heavy (non-hydrogen) atoms. The summed E-state index contributed by atoms with van der Waals surface area (Å²) in [5.41, 5.74) is 2.54. The first-order chi connectivity index (χ1) is 10.2. The first-order valence-electron chi connectivity index (χ1n) is 7.71. The summed E-state index contributed by atoms with van der Waals surface area (Å²) >= 11 is 1.69. The minimum atomic E-state index is 0.231. The van der Waals surface area contributed by atoms with E-state index >= 15 is 0 Å². The highest BCUT2D eigenvalue weighted by atomic mass is 32.2. The molecule has 0 saturated carbocycles. The molecule has 1 fully saturated rings. The molecule has 1 aliphatic heterocycles. The monoisotopic (exact) mass is 307 g/mol. The highest BCUT2D eigenvalue weighted by molar-refractivity contribution is 7.99. The molecule has 1 amide bonds. The van der Waals surface area contributed by atoms with Crippen molar-refractivity contribution in [3.8, 4) is 0 Å². The van der Waals surface area contributed by atoms with E-state index in [4.69, 9.17) is 5.11 Å².